The Morgan fingerprint density at radius 3 is 2.04 bits per heavy atom. The minimum Gasteiger partial charge on any atom is -0.450 e. The molecule has 0 bridgehead atoms. The second-order valence-corrected chi connectivity index (χ2v) is 7.23. The lowest BCUT2D eigenvalue weighted by molar-refractivity contribution is -0.141. The quantitative estimate of drug-likeness (QED) is 0.756. The summed E-state index contributed by atoms with van der Waals surface area (Å²) in [5.41, 5.74) is 0. The van der Waals surface area contributed by atoms with E-state index in [1.54, 1.807) is 11.8 Å². The summed E-state index contributed by atoms with van der Waals surface area (Å²) in [6.07, 6.45) is 0.874. The van der Waals surface area contributed by atoms with Gasteiger partial charge in [0.05, 0.1) is 6.61 Å². The summed E-state index contributed by atoms with van der Waals surface area (Å²) >= 11 is 0. The van der Waals surface area contributed by atoms with Gasteiger partial charge in [0.2, 0.25) is 11.8 Å². The fourth-order valence-corrected chi connectivity index (χ4v) is 2.76. The highest BCUT2D eigenvalue weighted by molar-refractivity contribution is 5.86. The van der Waals surface area contributed by atoms with Gasteiger partial charge >= 0.3 is 6.09 Å². The van der Waals surface area contributed by atoms with Gasteiger partial charge in [-0.15, -0.1) is 0 Å². The largest absolute Gasteiger partial charge is 0.450 e. The number of piperazine rings is 1. The third-order valence-electron chi connectivity index (χ3n) is 4.36. The van der Waals surface area contributed by atoms with E-state index in [9.17, 15) is 14.4 Å². The van der Waals surface area contributed by atoms with Crippen LogP contribution in [0.25, 0.3) is 0 Å². The Morgan fingerprint density at radius 1 is 1.00 bits per heavy atom. The van der Waals surface area contributed by atoms with Gasteiger partial charge in [-0.1, -0.05) is 27.7 Å². The highest BCUT2D eigenvalue weighted by atomic mass is 16.5. The second-order valence-electron chi connectivity index (χ2n) is 7.23. The van der Waals surface area contributed by atoms with Crippen molar-refractivity contribution in [2.75, 3.05) is 32.8 Å². The lowest BCUT2D eigenvalue weighted by atomic mass is 10.0. The molecule has 1 unspecified atom stereocenters. The maximum absolute atomic E-state index is 12.7. The highest BCUT2D eigenvalue weighted by Crippen LogP contribution is 2.12. The van der Waals surface area contributed by atoms with E-state index >= 15 is 0 Å². The van der Waals surface area contributed by atoms with Crippen LogP contribution in [0.3, 0.4) is 0 Å². The van der Waals surface area contributed by atoms with Gasteiger partial charge in [-0.3, -0.25) is 9.59 Å². The number of carbonyl (C=O) groups is 3. The van der Waals surface area contributed by atoms with Crippen molar-refractivity contribution in [3.8, 4) is 0 Å². The highest BCUT2D eigenvalue weighted by Gasteiger charge is 2.31. The Hall–Kier alpha value is -1.79. The Labute approximate surface area is 151 Å². The first-order valence-electron chi connectivity index (χ1n) is 9.26. The fourth-order valence-electron chi connectivity index (χ4n) is 2.76. The van der Waals surface area contributed by atoms with Crippen molar-refractivity contribution in [2.24, 2.45) is 11.8 Å². The van der Waals surface area contributed by atoms with Crippen molar-refractivity contribution in [1.82, 2.24) is 15.1 Å². The molecule has 1 fully saturated rings. The maximum Gasteiger partial charge on any atom is 0.407 e. The van der Waals surface area contributed by atoms with E-state index in [0.29, 0.717) is 38.5 Å². The fraction of sp³-hybridized carbons (Fsp3) is 0.833. The molecule has 7 nitrogen and oxygen atoms in total. The normalized spacial score (nSPS) is 16.1. The lowest BCUT2D eigenvalue weighted by Gasteiger charge is -2.37. The molecule has 0 saturated carbocycles. The van der Waals surface area contributed by atoms with Crippen LogP contribution in [0.4, 0.5) is 4.79 Å². The molecule has 1 saturated heterocycles. The van der Waals surface area contributed by atoms with E-state index in [1.165, 1.54) is 0 Å². The molecule has 1 atom stereocenters. The third kappa shape index (κ3) is 6.92. The molecule has 0 spiro atoms. The maximum atomic E-state index is 12.7. The zero-order valence-corrected chi connectivity index (χ0v) is 16.2. The monoisotopic (exact) mass is 355 g/mol. The summed E-state index contributed by atoms with van der Waals surface area (Å²) in [6.45, 7) is 12.1. The van der Waals surface area contributed by atoms with Crippen LogP contribution in [0, 0.1) is 11.8 Å². The predicted molar refractivity (Wildman–Crippen MR) is 96.0 cm³/mol. The van der Waals surface area contributed by atoms with Gasteiger partial charge in [-0.25, -0.2) is 4.79 Å². The number of alkyl carbamates (subject to hydrolysis) is 1. The zero-order valence-electron chi connectivity index (χ0n) is 16.2. The molecule has 1 heterocycles. The Kier molecular flexibility index (Phi) is 8.72. The van der Waals surface area contributed by atoms with Crippen molar-refractivity contribution >= 4 is 17.9 Å². The SMILES string of the molecule is CCOC(=O)NC(C(=O)N1CCN(C(=O)CCC(C)C)CC1)C(C)C. The van der Waals surface area contributed by atoms with E-state index < -0.39 is 12.1 Å². The number of hydrogen-bond donors (Lipinski definition) is 1. The van der Waals surface area contributed by atoms with E-state index in [4.69, 9.17) is 4.74 Å². The number of carbonyl (C=O) groups excluding carboxylic acids is 3. The van der Waals surface area contributed by atoms with Crippen LogP contribution in [0.15, 0.2) is 0 Å². The molecule has 1 N–H and O–H groups in total. The number of nitrogens with zero attached hydrogens (tertiary/aromatic N) is 2. The summed E-state index contributed by atoms with van der Waals surface area (Å²) in [7, 11) is 0. The molecule has 0 aromatic carbocycles. The molecule has 7 heteroatoms. The van der Waals surface area contributed by atoms with Crippen LogP contribution in [-0.2, 0) is 14.3 Å². The van der Waals surface area contributed by atoms with Gasteiger partial charge in [-0.05, 0) is 25.2 Å². The lowest BCUT2D eigenvalue weighted by Crippen LogP contribution is -2.57. The van der Waals surface area contributed by atoms with Gasteiger partial charge in [0.25, 0.3) is 0 Å². The van der Waals surface area contributed by atoms with Gasteiger partial charge in [0.1, 0.15) is 6.04 Å². The first-order valence-corrected chi connectivity index (χ1v) is 9.26. The molecule has 1 rings (SSSR count). The predicted octanol–water partition coefficient (Wildman–Crippen LogP) is 1.86. The average molecular weight is 355 g/mol. The van der Waals surface area contributed by atoms with Crippen molar-refractivity contribution in [2.45, 2.75) is 53.5 Å². The third-order valence-corrected chi connectivity index (χ3v) is 4.36. The molecule has 0 aromatic heterocycles. The molecule has 144 valence electrons. The Morgan fingerprint density at radius 2 is 1.56 bits per heavy atom. The van der Waals surface area contributed by atoms with Crippen LogP contribution in [-0.4, -0.2) is 66.5 Å². The Balaban J connectivity index is 2.54. The topological polar surface area (TPSA) is 79.0 Å². The van der Waals surface area contributed by atoms with Crippen LogP contribution in [0.1, 0.15) is 47.5 Å². The molecule has 3 amide bonds. The standard InChI is InChI=1S/C18H33N3O4/c1-6-25-18(24)19-16(14(4)5)17(23)21-11-9-20(10-12-21)15(22)8-7-13(2)3/h13-14,16H,6-12H2,1-5H3,(H,19,24). The minimum atomic E-state index is -0.609. The molecule has 1 aliphatic heterocycles. The van der Waals surface area contributed by atoms with Crippen LogP contribution >= 0.6 is 0 Å². The number of nitrogens with one attached hydrogen (secondary N) is 1. The van der Waals surface area contributed by atoms with Crippen LogP contribution < -0.4 is 5.32 Å². The zero-order chi connectivity index (χ0) is 19.0. The molecule has 1 aliphatic rings. The second kappa shape index (κ2) is 10.3. The van der Waals surface area contributed by atoms with E-state index in [2.05, 4.69) is 19.2 Å². The van der Waals surface area contributed by atoms with Crippen LogP contribution in [0.5, 0.6) is 0 Å². The molecule has 0 aliphatic carbocycles. The average Bonchev–Trinajstić information content (AvgIpc) is 2.57. The Bertz CT molecular complexity index is 457. The number of rotatable bonds is 7. The van der Waals surface area contributed by atoms with E-state index in [0.717, 1.165) is 6.42 Å². The number of ether oxygens (including phenoxy) is 1. The van der Waals surface area contributed by atoms with Crippen molar-refractivity contribution < 1.29 is 19.1 Å². The van der Waals surface area contributed by atoms with E-state index in [1.807, 2.05) is 18.7 Å². The summed E-state index contributed by atoms with van der Waals surface area (Å²) in [5, 5.41) is 2.65. The minimum absolute atomic E-state index is 0.0393. The van der Waals surface area contributed by atoms with Gasteiger partial charge < -0.3 is 19.9 Å². The summed E-state index contributed by atoms with van der Waals surface area (Å²) in [6, 6.07) is -0.609. The molecule has 25 heavy (non-hydrogen) atoms. The van der Waals surface area contributed by atoms with Gasteiger partial charge in [-0.2, -0.15) is 0 Å². The summed E-state index contributed by atoms with van der Waals surface area (Å²) in [4.78, 5) is 40.1. The summed E-state index contributed by atoms with van der Waals surface area (Å²) in [5.74, 6) is 0.512. The van der Waals surface area contributed by atoms with E-state index in [-0.39, 0.29) is 24.3 Å². The van der Waals surface area contributed by atoms with Crippen molar-refractivity contribution in [3.63, 3.8) is 0 Å². The molecule has 0 aromatic rings. The summed E-state index contributed by atoms with van der Waals surface area (Å²) < 4.78 is 4.88. The first-order chi connectivity index (χ1) is 11.8. The smallest absolute Gasteiger partial charge is 0.407 e. The number of amides is 3. The molecular formula is C18H33N3O4. The first kappa shape index (κ1) is 21.3. The van der Waals surface area contributed by atoms with Crippen molar-refractivity contribution in [1.29, 1.82) is 0 Å². The van der Waals surface area contributed by atoms with Gasteiger partial charge in [0.15, 0.2) is 0 Å². The van der Waals surface area contributed by atoms with Crippen molar-refractivity contribution in [3.05, 3.63) is 0 Å². The van der Waals surface area contributed by atoms with Crippen LogP contribution in [0.2, 0.25) is 0 Å². The van der Waals surface area contributed by atoms with Gasteiger partial charge in [0, 0.05) is 32.6 Å². The molecule has 0 radical (unpaired) electrons. The molecular weight excluding hydrogens is 322 g/mol. The number of hydrogen-bond acceptors (Lipinski definition) is 4.